The van der Waals surface area contributed by atoms with Crippen molar-refractivity contribution in [2.75, 3.05) is 0 Å². The van der Waals surface area contributed by atoms with Gasteiger partial charge >= 0.3 is 0 Å². The SMILES string of the molecule is C[C@@H]1NC(=O)c2ccccc2[C@H]1C. The van der Waals surface area contributed by atoms with Crippen molar-refractivity contribution < 1.29 is 4.79 Å². The second kappa shape index (κ2) is 2.87. The minimum absolute atomic E-state index is 0.0567. The molecule has 0 aromatic heterocycles. The molecule has 1 heterocycles. The van der Waals surface area contributed by atoms with E-state index in [9.17, 15) is 4.79 Å². The number of hydrogen-bond donors (Lipinski definition) is 1. The first-order chi connectivity index (χ1) is 6.20. The summed E-state index contributed by atoms with van der Waals surface area (Å²) in [6.07, 6.45) is 0. The molecule has 1 aromatic carbocycles. The Morgan fingerprint density at radius 3 is 2.69 bits per heavy atom. The molecular formula is C11H13NO. The monoisotopic (exact) mass is 175 g/mol. The van der Waals surface area contributed by atoms with Gasteiger partial charge in [-0.25, -0.2) is 0 Å². The smallest absolute Gasteiger partial charge is 0.251 e. The van der Waals surface area contributed by atoms with Gasteiger partial charge in [-0.3, -0.25) is 4.79 Å². The van der Waals surface area contributed by atoms with Crippen LogP contribution in [0.2, 0.25) is 0 Å². The Labute approximate surface area is 78.0 Å². The van der Waals surface area contributed by atoms with Gasteiger partial charge in [-0.15, -0.1) is 0 Å². The molecule has 0 saturated carbocycles. The number of fused-ring (bicyclic) bond motifs is 1. The molecule has 2 heteroatoms. The van der Waals surface area contributed by atoms with Crippen LogP contribution in [0.5, 0.6) is 0 Å². The van der Waals surface area contributed by atoms with E-state index in [1.54, 1.807) is 0 Å². The van der Waals surface area contributed by atoms with Gasteiger partial charge in [0.15, 0.2) is 0 Å². The maximum atomic E-state index is 11.5. The molecule has 0 fully saturated rings. The van der Waals surface area contributed by atoms with Crippen LogP contribution in [0.3, 0.4) is 0 Å². The van der Waals surface area contributed by atoms with Crippen molar-refractivity contribution in [2.24, 2.45) is 0 Å². The summed E-state index contributed by atoms with van der Waals surface area (Å²) in [6, 6.07) is 8.05. The molecule has 68 valence electrons. The molecule has 1 amide bonds. The topological polar surface area (TPSA) is 29.1 Å². The molecular weight excluding hydrogens is 162 g/mol. The zero-order chi connectivity index (χ0) is 9.42. The molecule has 0 radical (unpaired) electrons. The summed E-state index contributed by atoms with van der Waals surface area (Å²) in [6.45, 7) is 4.18. The van der Waals surface area contributed by atoms with Gasteiger partial charge in [-0.1, -0.05) is 25.1 Å². The van der Waals surface area contributed by atoms with Crippen molar-refractivity contribution in [1.82, 2.24) is 5.32 Å². The lowest BCUT2D eigenvalue weighted by Crippen LogP contribution is -2.41. The zero-order valence-electron chi connectivity index (χ0n) is 7.87. The second-order valence-electron chi connectivity index (χ2n) is 3.64. The van der Waals surface area contributed by atoms with E-state index in [0.717, 1.165) is 5.56 Å². The molecule has 1 aliphatic heterocycles. The number of amides is 1. The molecule has 0 aliphatic carbocycles. The van der Waals surface area contributed by atoms with Crippen molar-refractivity contribution in [3.8, 4) is 0 Å². The predicted molar refractivity (Wildman–Crippen MR) is 51.8 cm³/mol. The van der Waals surface area contributed by atoms with Crippen LogP contribution in [0.1, 0.15) is 35.7 Å². The average molecular weight is 175 g/mol. The highest BCUT2D eigenvalue weighted by molar-refractivity contribution is 5.97. The molecule has 2 atom stereocenters. The van der Waals surface area contributed by atoms with Gasteiger partial charge in [0, 0.05) is 17.5 Å². The molecule has 1 aromatic rings. The van der Waals surface area contributed by atoms with Gasteiger partial charge in [-0.05, 0) is 18.6 Å². The molecule has 2 nitrogen and oxygen atoms in total. The van der Waals surface area contributed by atoms with E-state index >= 15 is 0 Å². The van der Waals surface area contributed by atoms with Crippen LogP contribution in [0, 0.1) is 0 Å². The Bertz CT molecular complexity index is 346. The summed E-state index contributed by atoms with van der Waals surface area (Å²) in [4.78, 5) is 11.5. The lowest BCUT2D eigenvalue weighted by Gasteiger charge is -2.28. The summed E-state index contributed by atoms with van der Waals surface area (Å²) in [5, 5.41) is 2.95. The highest BCUT2D eigenvalue weighted by Gasteiger charge is 2.26. The number of rotatable bonds is 0. The number of hydrogen-bond acceptors (Lipinski definition) is 1. The third-order valence-corrected chi connectivity index (χ3v) is 2.80. The lowest BCUT2D eigenvalue weighted by molar-refractivity contribution is 0.0921. The van der Waals surface area contributed by atoms with Gasteiger partial charge < -0.3 is 5.32 Å². The van der Waals surface area contributed by atoms with Gasteiger partial charge in [0.1, 0.15) is 0 Å². The number of nitrogens with one attached hydrogen (secondary N) is 1. The van der Waals surface area contributed by atoms with Gasteiger partial charge in [0.2, 0.25) is 0 Å². The Morgan fingerprint density at radius 2 is 1.92 bits per heavy atom. The van der Waals surface area contributed by atoms with Gasteiger partial charge in [-0.2, -0.15) is 0 Å². The maximum Gasteiger partial charge on any atom is 0.251 e. The van der Waals surface area contributed by atoms with E-state index in [1.807, 2.05) is 31.2 Å². The Morgan fingerprint density at radius 1 is 1.23 bits per heavy atom. The first-order valence-corrected chi connectivity index (χ1v) is 4.60. The van der Waals surface area contributed by atoms with Crippen molar-refractivity contribution in [1.29, 1.82) is 0 Å². The zero-order valence-corrected chi connectivity index (χ0v) is 7.87. The first kappa shape index (κ1) is 8.30. The molecule has 2 rings (SSSR count). The second-order valence-corrected chi connectivity index (χ2v) is 3.64. The molecule has 13 heavy (non-hydrogen) atoms. The highest BCUT2D eigenvalue weighted by atomic mass is 16.1. The Kier molecular flexibility index (Phi) is 1.83. The van der Waals surface area contributed by atoms with Gasteiger partial charge in [0.25, 0.3) is 5.91 Å². The van der Waals surface area contributed by atoms with Crippen LogP contribution in [0.15, 0.2) is 24.3 Å². The quantitative estimate of drug-likeness (QED) is 0.641. The van der Waals surface area contributed by atoms with Crippen LogP contribution in [-0.2, 0) is 0 Å². The minimum Gasteiger partial charge on any atom is -0.349 e. The molecule has 0 saturated heterocycles. The van der Waals surface area contributed by atoms with Crippen molar-refractivity contribution in [3.63, 3.8) is 0 Å². The highest BCUT2D eigenvalue weighted by Crippen LogP contribution is 2.26. The predicted octanol–water partition coefficient (Wildman–Crippen LogP) is 1.92. The summed E-state index contributed by atoms with van der Waals surface area (Å²) in [5.74, 6) is 0.468. The molecule has 0 spiro atoms. The van der Waals surface area contributed by atoms with Crippen LogP contribution in [-0.4, -0.2) is 11.9 Å². The van der Waals surface area contributed by atoms with Gasteiger partial charge in [0.05, 0.1) is 0 Å². The lowest BCUT2D eigenvalue weighted by atomic mass is 9.87. The Balaban J connectivity index is 2.53. The third kappa shape index (κ3) is 1.22. The third-order valence-electron chi connectivity index (χ3n) is 2.80. The number of benzene rings is 1. The number of carbonyl (C=O) groups excluding carboxylic acids is 1. The van der Waals surface area contributed by atoms with Crippen molar-refractivity contribution in [3.05, 3.63) is 35.4 Å². The minimum atomic E-state index is 0.0567. The molecule has 1 N–H and O–H groups in total. The van der Waals surface area contributed by atoms with Crippen molar-refractivity contribution in [2.45, 2.75) is 25.8 Å². The van der Waals surface area contributed by atoms with E-state index in [2.05, 4.69) is 12.2 Å². The first-order valence-electron chi connectivity index (χ1n) is 4.60. The fourth-order valence-corrected chi connectivity index (χ4v) is 1.78. The fraction of sp³-hybridized carbons (Fsp3) is 0.364. The Hall–Kier alpha value is -1.31. The molecule has 0 bridgehead atoms. The summed E-state index contributed by atoms with van der Waals surface area (Å²) >= 11 is 0. The molecule has 0 unspecified atom stereocenters. The van der Waals surface area contributed by atoms with Crippen LogP contribution in [0.4, 0.5) is 0 Å². The van der Waals surface area contributed by atoms with E-state index in [4.69, 9.17) is 0 Å². The van der Waals surface area contributed by atoms with E-state index < -0.39 is 0 Å². The van der Waals surface area contributed by atoms with E-state index in [-0.39, 0.29) is 11.9 Å². The fourth-order valence-electron chi connectivity index (χ4n) is 1.78. The number of carbonyl (C=O) groups is 1. The summed E-state index contributed by atoms with van der Waals surface area (Å²) < 4.78 is 0. The summed E-state index contributed by atoms with van der Waals surface area (Å²) in [5.41, 5.74) is 1.99. The van der Waals surface area contributed by atoms with Crippen molar-refractivity contribution >= 4 is 5.91 Å². The standard InChI is InChI=1S/C11H13NO/c1-7-8(2)12-11(13)10-6-4-3-5-9(7)10/h3-8H,1-2H3,(H,12,13)/t7-,8-/m0/s1. The maximum absolute atomic E-state index is 11.5. The van der Waals surface area contributed by atoms with Crippen LogP contribution >= 0.6 is 0 Å². The van der Waals surface area contributed by atoms with Crippen LogP contribution in [0.25, 0.3) is 0 Å². The largest absolute Gasteiger partial charge is 0.349 e. The van der Waals surface area contributed by atoms with E-state index in [0.29, 0.717) is 5.92 Å². The summed E-state index contributed by atoms with van der Waals surface area (Å²) in [7, 11) is 0. The normalized spacial score (nSPS) is 26.5. The van der Waals surface area contributed by atoms with E-state index in [1.165, 1.54) is 5.56 Å². The average Bonchev–Trinajstić information content (AvgIpc) is 2.15. The van der Waals surface area contributed by atoms with Crippen LogP contribution < -0.4 is 5.32 Å². The molecule has 1 aliphatic rings.